The van der Waals surface area contributed by atoms with Crippen LogP contribution in [-0.2, 0) is 4.79 Å². The van der Waals surface area contributed by atoms with E-state index in [4.69, 9.17) is 5.26 Å². The molecule has 0 aliphatic carbocycles. The van der Waals surface area contributed by atoms with Crippen LogP contribution in [0.15, 0.2) is 18.3 Å². The van der Waals surface area contributed by atoms with Gasteiger partial charge in [0, 0.05) is 12.7 Å². The van der Waals surface area contributed by atoms with Crippen LogP contribution in [-0.4, -0.2) is 23.5 Å². The molecule has 0 saturated carbocycles. The minimum atomic E-state index is -0.413. The molecule has 0 aliphatic rings. The van der Waals surface area contributed by atoms with Crippen molar-refractivity contribution in [2.24, 2.45) is 0 Å². The van der Waals surface area contributed by atoms with E-state index in [0.29, 0.717) is 17.9 Å². The molecule has 0 saturated heterocycles. The van der Waals surface area contributed by atoms with Gasteiger partial charge in [-0.1, -0.05) is 6.92 Å². The van der Waals surface area contributed by atoms with E-state index in [-0.39, 0.29) is 5.91 Å². The predicted octanol–water partition coefficient (Wildman–Crippen LogP) is 1.28. The molecule has 0 radical (unpaired) electrons. The van der Waals surface area contributed by atoms with Gasteiger partial charge >= 0.3 is 0 Å². The van der Waals surface area contributed by atoms with Crippen LogP contribution in [0.4, 0.5) is 5.82 Å². The number of rotatable bonds is 5. The number of carbonyl (C=O) groups excluding carboxylic acids is 1. The van der Waals surface area contributed by atoms with Crippen LogP contribution >= 0.6 is 0 Å². The zero-order valence-electron chi connectivity index (χ0n) is 10.0. The minimum Gasteiger partial charge on any atom is -0.358 e. The standard InChI is InChI=1S/C12H16N4O/c1-3-6-15-12(17)9(2)16-11-10(8-13)5-4-7-14-11/h4-5,7,9H,3,6H2,1-2H3,(H,14,16)(H,15,17). The second kappa shape index (κ2) is 6.48. The number of amides is 1. The van der Waals surface area contributed by atoms with Crippen LogP contribution in [0, 0.1) is 11.3 Å². The van der Waals surface area contributed by atoms with Crippen molar-refractivity contribution >= 4 is 11.7 Å². The van der Waals surface area contributed by atoms with Gasteiger partial charge < -0.3 is 10.6 Å². The average molecular weight is 232 g/mol. The van der Waals surface area contributed by atoms with Gasteiger partial charge in [0.1, 0.15) is 17.9 Å². The van der Waals surface area contributed by atoms with Crippen LogP contribution in [0.5, 0.6) is 0 Å². The predicted molar refractivity (Wildman–Crippen MR) is 65.3 cm³/mol. The summed E-state index contributed by atoms with van der Waals surface area (Å²) in [7, 11) is 0. The Labute approximate surface area is 101 Å². The normalized spacial score (nSPS) is 11.4. The molecule has 2 N–H and O–H groups in total. The van der Waals surface area contributed by atoms with Crippen LogP contribution < -0.4 is 10.6 Å². The molecule has 5 nitrogen and oxygen atoms in total. The third kappa shape index (κ3) is 3.76. The Balaban J connectivity index is 2.65. The van der Waals surface area contributed by atoms with Gasteiger partial charge in [-0.15, -0.1) is 0 Å². The maximum Gasteiger partial charge on any atom is 0.242 e. The zero-order chi connectivity index (χ0) is 12.7. The molecule has 1 aromatic heterocycles. The smallest absolute Gasteiger partial charge is 0.242 e. The van der Waals surface area contributed by atoms with Crippen molar-refractivity contribution in [3.8, 4) is 6.07 Å². The van der Waals surface area contributed by atoms with Gasteiger partial charge in [0.15, 0.2) is 0 Å². The first-order valence-corrected chi connectivity index (χ1v) is 5.58. The second-order valence-electron chi connectivity index (χ2n) is 3.67. The molecule has 0 fully saturated rings. The van der Waals surface area contributed by atoms with E-state index in [0.717, 1.165) is 6.42 Å². The minimum absolute atomic E-state index is 0.0959. The Morgan fingerprint density at radius 1 is 1.65 bits per heavy atom. The lowest BCUT2D eigenvalue weighted by Crippen LogP contribution is -2.38. The van der Waals surface area contributed by atoms with Gasteiger partial charge in [-0.3, -0.25) is 4.79 Å². The third-order valence-electron chi connectivity index (χ3n) is 2.22. The summed E-state index contributed by atoms with van der Waals surface area (Å²) >= 11 is 0. The van der Waals surface area contributed by atoms with E-state index in [1.807, 2.05) is 13.0 Å². The third-order valence-corrected chi connectivity index (χ3v) is 2.22. The highest BCUT2D eigenvalue weighted by atomic mass is 16.2. The summed E-state index contributed by atoms with van der Waals surface area (Å²) in [6.45, 7) is 4.38. The van der Waals surface area contributed by atoms with Gasteiger partial charge in [-0.2, -0.15) is 5.26 Å². The summed E-state index contributed by atoms with van der Waals surface area (Å²) in [5, 5.41) is 14.6. The van der Waals surface area contributed by atoms with Crippen LogP contribution in [0.3, 0.4) is 0 Å². The fraction of sp³-hybridized carbons (Fsp3) is 0.417. The molecular formula is C12H16N4O. The van der Waals surface area contributed by atoms with E-state index in [2.05, 4.69) is 15.6 Å². The first-order valence-electron chi connectivity index (χ1n) is 5.58. The van der Waals surface area contributed by atoms with Crippen molar-refractivity contribution in [3.63, 3.8) is 0 Å². The number of aromatic nitrogens is 1. The van der Waals surface area contributed by atoms with Crippen molar-refractivity contribution in [1.82, 2.24) is 10.3 Å². The van der Waals surface area contributed by atoms with Crippen LogP contribution in [0.1, 0.15) is 25.8 Å². The SMILES string of the molecule is CCCNC(=O)C(C)Nc1ncccc1C#N. The molecule has 90 valence electrons. The Morgan fingerprint density at radius 2 is 2.41 bits per heavy atom. The number of nitrogens with zero attached hydrogens (tertiary/aromatic N) is 2. The molecule has 1 unspecified atom stereocenters. The summed E-state index contributed by atoms with van der Waals surface area (Å²) in [5.41, 5.74) is 0.433. The molecule has 0 bridgehead atoms. The lowest BCUT2D eigenvalue weighted by molar-refractivity contribution is -0.121. The number of hydrogen-bond donors (Lipinski definition) is 2. The second-order valence-corrected chi connectivity index (χ2v) is 3.67. The quantitative estimate of drug-likeness (QED) is 0.801. The van der Waals surface area contributed by atoms with Gasteiger partial charge in [-0.05, 0) is 25.5 Å². The summed E-state index contributed by atoms with van der Waals surface area (Å²) in [5.74, 6) is 0.343. The molecule has 0 spiro atoms. The molecule has 5 heteroatoms. The van der Waals surface area contributed by atoms with Crippen LogP contribution in [0.2, 0.25) is 0 Å². The van der Waals surface area contributed by atoms with E-state index in [9.17, 15) is 4.79 Å². The van der Waals surface area contributed by atoms with E-state index >= 15 is 0 Å². The summed E-state index contributed by atoms with van der Waals surface area (Å²) < 4.78 is 0. The molecule has 0 aromatic carbocycles. The average Bonchev–Trinajstić information content (AvgIpc) is 2.36. The monoisotopic (exact) mass is 232 g/mol. The Kier molecular flexibility index (Phi) is 4.95. The summed E-state index contributed by atoms with van der Waals surface area (Å²) in [4.78, 5) is 15.7. The number of hydrogen-bond acceptors (Lipinski definition) is 4. The number of pyridine rings is 1. The summed E-state index contributed by atoms with van der Waals surface area (Å²) in [6.07, 6.45) is 2.48. The van der Waals surface area contributed by atoms with Crippen molar-refractivity contribution in [2.45, 2.75) is 26.3 Å². The van der Waals surface area contributed by atoms with Crippen molar-refractivity contribution < 1.29 is 4.79 Å². The molecule has 1 amide bonds. The largest absolute Gasteiger partial charge is 0.358 e. The molecule has 17 heavy (non-hydrogen) atoms. The first kappa shape index (κ1) is 13.0. The Hall–Kier alpha value is -2.09. The molecule has 1 heterocycles. The molecule has 1 aromatic rings. The summed E-state index contributed by atoms with van der Waals surface area (Å²) in [6, 6.07) is 4.96. The highest BCUT2D eigenvalue weighted by molar-refractivity contribution is 5.84. The van der Waals surface area contributed by atoms with E-state index in [1.165, 1.54) is 0 Å². The van der Waals surface area contributed by atoms with Gasteiger partial charge in [-0.25, -0.2) is 4.98 Å². The fourth-order valence-corrected chi connectivity index (χ4v) is 1.28. The first-order chi connectivity index (χ1) is 8.19. The van der Waals surface area contributed by atoms with E-state index in [1.54, 1.807) is 25.3 Å². The maximum absolute atomic E-state index is 11.6. The highest BCUT2D eigenvalue weighted by Crippen LogP contribution is 2.10. The molecule has 1 atom stereocenters. The Bertz CT molecular complexity index is 425. The van der Waals surface area contributed by atoms with Crippen molar-refractivity contribution in [2.75, 3.05) is 11.9 Å². The molecule has 1 rings (SSSR count). The highest BCUT2D eigenvalue weighted by Gasteiger charge is 2.13. The fourth-order valence-electron chi connectivity index (χ4n) is 1.28. The van der Waals surface area contributed by atoms with Crippen molar-refractivity contribution in [3.05, 3.63) is 23.9 Å². The van der Waals surface area contributed by atoms with E-state index < -0.39 is 6.04 Å². The zero-order valence-corrected chi connectivity index (χ0v) is 10.0. The molecular weight excluding hydrogens is 216 g/mol. The van der Waals surface area contributed by atoms with Crippen molar-refractivity contribution in [1.29, 1.82) is 5.26 Å². The van der Waals surface area contributed by atoms with Gasteiger partial charge in [0.2, 0.25) is 5.91 Å². The van der Waals surface area contributed by atoms with Gasteiger partial charge in [0.05, 0.1) is 5.56 Å². The maximum atomic E-state index is 11.6. The lowest BCUT2D eigenvalue weighted by atomic mass is 10.2. The van der Waals surface area contributed by atoms with Gasteiger partial charge in [0.25, 0.3) is 0 Å². The topological polar surface area (TPSA) is 77.8 Å². The van der Waals surface area contributed by atoms with Crippen LogP contribution in [0.25, 0.3) is 0 Å². The number of anilines is 1. The molecule has 0 aliphatic heterocycles. The number of carbonyl (C=O) groups is 1. The number of nitrogens with one attached hydrogen (secondary N) is 2. The number of nitriles is 1. The lowest BCUT2D eigenvalue weighted by Gasteiger charge is -2.14. The Morgan fingerprint density at radius 3 is 3.06 bits per heavy atom.